The molecule has 0 aromatic heterocycles. The van der Waals surface area contributed by atoms with Gasteiger partial charge in [0.15, 0.2) is 0 Å². The molecule has 8 rings (SSSR count). The van der Waals surface area contributed by atoms with E-state index in [0.29, 0.717) is 17.2 Å². The zero-order chi connectivity index (χ0) is 37.8. The average Bonchev–Trinajstić information content (AvgIpc) is 3.21. The number of hydrogen-bond acceptors (Lipinski definition) is 3. The first-order chi connectivity index (χ1) is 25.8. The Kier molecular flexibility index (Phi) is 16.0. The Labute approximate surface area is 315 Å². The van der Waals surface area contributed by atoms with E-state index in [1.54, 1.807) is 36.4 Å². The summed E-state index contributed by atoms with van der Waals surface area (Å²) in [6.45, 7) is 8.73. The van der Waals surface area contributed by atoms with Crippen molar-refractivity contribution in [2.24, 2.45) is 0 Å². The van der Waals surface area contributed by atoms with Crippen LogP contribution in [0.1, 0.15) is 49.9 Å². The molecule has 0 radical (unpaired) electrons. The van der Waals surface area contributed by atoms with Crippen LogP contribution >= 0.6 is 0 Å². The Hall–Kier alpha value is -6.06. The van der Waals surface area contributed by atoms with E-state index in [0.717, 1.165) is 58.0 Å². The molecule has 0 atom stereocenters. The summed E-state index contributed by atoms with van der Waals surface area (Å²) in [6.07, 6.45) is 4.57. The lowest BCUT2D eigenvalue weighted by atomic mass is 10.1. The van der Waals surface area contributed by atoms with Crippen molar-refractivity contribution in [2.45, 2.75) is 53.4 Å². The normalized spacial score (nSPS) is 10.0. The summed E-state index contributed by atoms with van der Waals surface area (Å²) in [5.41, 5.74) is 5.71. The molecular formula is C50H52O3. The number of rotatable bonds is 4. The molecule has 0 bridgehead atoms. The molecule has 0 fully saturated rings. The largest absolute Gasteiger partial charge is 0.508 e. The minimum absolute atomic E-state index is 0.323. The smallest absolute Gasteiger partial charge is 0.116 e. The minimum Gasteiger partial charge on any atom is -0.508 e. The zero-order valence-electron chi connectivity index (χ0n) is 31.4. The molecule has 3 heteroatoms. The van der Waals surface area contributed by atoms with Crippen molar-refractivity contribution < 1.29 is 15.3 Å². The van der Waals surface area contributed by atoms with Gasteiger partial charge in [0, 0.05) is 0 Å². The van der Waals surface area contributed by atoms with E-state index in [1.807, 2.05) is 91.0 Å². The van der Waals surface area contributed by atoms with Crippen LogP contribution in [0.5, 0.6) is 17.2 Å². The van der Waals surface area contributed by atoms with Gasteiger partial charge < -0.3 is 15.3 Å². The lowest BCUT2D eigenvalue weighted by Crippen LogP contribution is -1.81. The number of phenolic OH excluding ortho intramolecular Hbond substituents is 3. The number of phenols is 3. The summed E-state index contributed by atoms with van der Waals surface area (Å²) in [7, 11) is 0. The first-order valence-electron chi connectivity index (χ1n) is 18.5. The van der Waals surface area contributed by atoms with Crippen LogP contribution in [0.25, 0.3) is 32.3 Å². The van der Waals surface area contributed by atoms with Gasteiger partial charge in [-0.25, -0.2) is 0 Å². The van der Waals surface area contributed by atoms with E-state index in [2.05, 4.69) is 76.2 Å². The van der Waals surface area contributed by atoms with Crippen LogP contribution in [0.2, 0.25) is 0 Å². The maximum Gasteiger partial charge on any atom is 0.116 e. The summed E-state index contributed by atoms with van der Waals surface area (Å²) < 4.78 is 0. The number of hydrogen-bond donors (Lipinski definition) is 3. The van der Waals surface area contributed by atoms with Crippen molar-refractivity contribution in [3.8, 4) is 17.2 Å². The standard InChI is InChI=1S/3C10H8O.2C10H14/c3*11-10-6-5-8-3-1-2-4-9(8)7-10;2*1-3-9-5-7-10(4-2)8-6-9/h3*1-7,11H;2*5-8H,3-4H2,1-2H3. The van der Waals surface area contributed by atoms with Gasteiger partial charge in [-0.05, 0) is 117 Å². The molecule has 0 spiro atoms. The van der Waals surface area contributed by atoms with Gasteiger partial charge in [-0.15, -0.1) is 0 Å². The van der Waals surface area contributed by atoms with Crippen LogP contribution in [0, 0.1) is 0 Å². The summed E-state index contributed by atoms with van der Waals surface area (Å²) in [6, 6.07) is 57.6. The Balaban J connectivity index is 0.000000148. The maximum absolute atomic E-state index is 9.13. The topological polar surface area (TPSA) is 60.7 Å². The van der Waals surface area contributed by atoms with Gasteiger partial charge in [-0.1, -0.05) is 167 Å². The fourth-order valence-corrected chi connectivity index (χ4v) is 5.55. The molecular weight excluding hydrogens is 649 g/mol. The van der Waals surface area contributed by atoms with Crippen LogP contribution in [-0.4, -0.2) is 15.3 Å². The molecule has 0 saturated carbocycles. The number of fused-ring (bicyclic) bond motifs is 3. The van der Waals surface area contributed by atoms with Gasteiger partial charge in [0.05, 0.1) is 0 Å². The van der Waals surface area contributed by atoms with E-state index in [-0.39, 0.29) is 0 Å². The number of aryl methyl sites for hydroxylation is 4. The highest BCUT2D eigenvalue weighted by atomic mass is 16.3. The maximum atomic E-state index is 9.13. The molecule has 0 saturated heterocycles. The van der Waals surface area contributed by atoms with Crippen molar-refractivity contribution >= 4 is 32.3 Å². The summed E-state index contributed by atoms with van der Waals surface area (Å²) in [5, 5.41) is 34.1. The minimum atomic E-state index is 0.323. The summed E-state index contributed by atoms with van der Waals surface area (Å²) in [5.74, 6) is 0.969. The molecule has 0 amide bonds. The molecule has 3 nitrogen and oxygen atoms in total. The fraction of sp³-hybridized carbons (Fsp3) is 0.160. The highest BCUT2D eigenvalue weighted by Crippen LogP contribution is 2.20. The summed E-state index contributed by atoms with van der Waals surface area (Å²) in [4.78, 5) is 0. The Morgan fingerprint density at radius 2 is 0.472 bits per heavy atom. The lowest BCUT2D eigenvalue weighted by Gasteiger charge is -1.97. The third-order valence-corrected chi connectivity index (χ3v) is 8.88. The molecule has 8 aromatic carbocycles. The summed E-state index contributed by atoms with van der Waals surface area (Å²) >= 11 is 0. The predicted octanol–water partition coefficient (Wildman–Crippen LogP) is 13.3. The second-order valence-corrected chi connectivity index (χ2v) is 12.6. The molecule has 0 unspecified atom stereocenters. The van der Waals surface area contributed by atoms with E-state index >= 15 is 0 Å². The SMILES string of the molecule is CCc1ccc(CC)cc1.CCc1ccc(CC)cc1.Oc1ccc2ccccc2c1.Oc1ccc2ccccc2c1.Oc1ccc2ccccc2c1. The molecule has 270 valence electrons. The molecule has 53 heavy (non-hydrogen) atoms. The van der Waals surface area contributed by atoms with Gasteiger partial charge in [0.25, 0.3) is 0 Å². The Morgan fingerprint density at radius 3 is 0.679 bits per heavy atom. The zero-order valence-corrected chi connectivity index (χ0v) is 31.4. The van der Waals surface area contributed by atoms with Crippen molar-refractivity contribution in [1.29, 1.82) is 0 Å². The van der Waals surface area contributed by atoms with Crippen molar-refractivity contribution in [3.05, 3.63) is 198 Å². The monoisotopic (exact) mass is 700 g/mol. The van der Waals surface area contributed by atoms with Crippen molar-refractivity contribution in [3.63, 3.8) is 0 Å². The molecule has 0 aliphatic rings. The van der Waals surface area contributed by atoms with Crippen molar-refractivity contribution in [1.82, 2.24) is 0 Å². The van der Waals surface area contributed by atoms with Crippen LogP contribution in [0.4, 0.5) is 0 Å². The molecule has 0 heterocycles. The second kappa shape index (κ2) is 21.3. The number of aromatic hydroxyl groups is 3. The second-order valence-electron chi connectivity index (χ2n) is 12.6. The van der Waals surface area contributed by atoms with Crippen LogP contribution in [0.3, 0.4) is 0 Å². The van der Waals surface area contributed by atoms with Gasteiger partial charge >= 0.3 is 0 Å². The molecule has 0 aliphatic carbocycles. The fourth-order valence-electron chi connectivity index (χ4n) is 5.55. The lowest BCUT2D eigenvalue weighted by molar-refractivity contribution is 0.475. The molecule has 3 N–H and O–H groups in total. The van der Waals surface area contributed by atoms with Gasteiger partial charge in [-0.2, -0.15) is 0 Å². The Bertz CT molecular complexity index is 1980. The quantitative estimate of drug-likeness (QED) is 0.171. The number of benzene rings is 8. The third-order valence-electron chi connectivity index (χ3n) is 8.88. The van der Waals surface area contributed by atoms with Crippen LogP contribution in [0.15, 0.2) is 176 Å². The highest BCUT2D eigenvalue weighted by molar-refractivity contribution is 5.85. The van der Waals surface area contributed by atoms with E-state index in [4.69, 9.17) is 15.3 Å². The molecule has 0 aliphatic heterocycles. The van der Waals surface area contributed by atoms with E-state index in [1.165, 1.54) is 22.3 Å². The van der Waals surface area contributed by atoms with E-state index < -0.39 is 0 Å². The Morgan fingerprint density at radius 1 is 0.264 bits per heavy atom. The first kappa shape index (κ1) is 39.7. The van der Waals surface area contributed by atoms with Gasteiger partial charge in [0.2, 0.25) is 0 Å². The van der Waals surface area contributed by atoms with Gasteiger partial charge in [0.1, 0.15) is 17.2 Å². The predicted molar refractivity (Wildman–Crippen MR) is 227 cm³/mol. The van der Waals surface area contributed by atoms with E-state index in [9.17, 15) is 0 Å². The first-order valence-corrected chi connectivity index (χ1v) is 18.5. The molecule has 8 aromatic rings. The third kappa shape index (κ3) is 13.2. The highest BCUT2D eigenvalue weighted by Gasteiger charge is 1.94. The van der Waals surface area contributed by atoms with Crippen LogP contribution in [-0.2, 0) is 25.7 Å². The van der Waals surface area contributed by atoms with Crippen LogP contribution < -0.4 is 0 Å². The van der Waals surface area contributed by atoms with Crippen molar-refractivity contribution in [2.75, 3.05) is 0 Å². The van der Waals surface area contributed by atoms with Gasteiger partial charge in [-0.3, -0.25) is 0 Å². The average molecular weight is 701 g/mol.